The highest BCUT2D eigenvalue weighted by atomic mass is 16.7. The Kier molecular flexibility index (Phi) is 2.50. The van der Waals surface area contributed by atoms with Gasteiger partial charge in [0.2, 0.25) is 0 Å². The summed E-state index contributed by atoms with van der Waals surface area (Å²) >= 11 is 0. The second-order valence-corrected chi connectivity index (χ2v) is 1.36. The van der Waals surface area contributed by atoms with Crippen molar-refractivity contribution in [3.8, 4) is 0 Å². The van der Waals surface area contributed by atoms with Crippen molar-refractivity contribution in [1.82, 2.24) is 0 Å². The highest BCUT2D eigenvalue weighted by molar-refractivity contribution is 5.74. The minimum atomic E-state index is -1.58. The number of rotatable bonds is 2. The predicted molar refractivity (Wildman–Crippen MR) is 26.2 cm³/mol. The van der Waals surface area contributed by atoms with Crippen LogP contribution in [0.3, 0.4) is 0 Å². The Bertz CT molecular complexity index is 129. The molecule has 52 valence electrons. The summed E-state index contributed by atoms with van der Waals surface area (Å²) in [6.07, 6.45) is -2.87. The molecule has 0 saturated carbocycles. The third kappa shape index (κ3) is 3.33. The van der Waals surface area contributed by atoms with Crippen molar-refractivity contribution in [2.45, 2.75) is 13.0 Å². The van der Waals surface area contributed by atoms with Gasteiger partial charge in [-0.3, -0.25) is 0 Å². The van der Waals surface area contributed by atoms with E-state index >= 15 is 0 Å². The van der Waals surface area contributed by atoms with Crippen LogP contribution in [0.15, 0.2) is 0 Å². The number of aliphatic carboxylic acids is 1. The fourth-order valence-corrected chi connectivity index (χ4v) is 0.202. The lowest BCUT2D eigenvalue weighted by Crippen LogP contribution is -2.22. The smallest absolute Gasteiger partial charge is 0.479 e. The topological polar surface area (TPSA) is 83.8 Å². The van der Waals surface area contributed by atoms with Crippen LogP contribution in [0.5, 0.6) is 0 Å². The van der Waals surface area contributed by atoms with Crippen LogP contribution in [-0.4, -0.2) is 28.4 Å². The van der Waals surface area contributed by atoms with Crippen LogP contribution in [0.1, 0.15) is 6.92 Å². The van der Waals surface area contributed by atoms with Crippen LogP contribution in [-0.2, 0) is 9.53 Å². The molecule has 0 radical (unpaired) electrons. The van der Waals surface area contributed by atoms with Crippen LogP contribution in [0.4, 0.5) is 4.79 Å². The Morgan fingerprint density at radius 3 is 2.00 bits per heavy atom. The zero-order chi connectivity index (χ0) is 7.44. The molecule has 0 spiro atoms. The average Bonchev–Trinajstić information content (AvgIpc) is 1.63. The summed E-state index contributed by atoms with van der Waals surface area (Å²) in [4.78, 5) is 19.5. The molecule has 5 nitrogen and oxygen atoms in total. The average molecular weight is 134 g/mol. The van der Waals surface area contributed by atoms with E-state index in [1.54, 1.807) is 0 Å². The Labute approximate surface area is 50.9 Å². The van der Waals surface area contributed by atoms with E-state index in [9.17, 15) is 9.59 Å². The van der Waals surface area contributed by atoms with Crippen molar-refractivity contribution >= 4 is 12.1 Å². The van der Waals surface area contributed by atoms with E-state index in [4.69, 9.17) is 10.2 Å². The van der Waals surface area contributed by atoms with Crippen LogP contribution in [0.2, 0.25) is 0 Å². The Hall–Kier alpha value is -1.26. The van der Waals surface area contributed by atoms with E-state index in [-0.39, 0.29) is 0 Å². The fourth-order valence-electron chi connectivity index (χ4n) is 0.202. The molecule has 0 aliphatic carbocycles. The lowest BCUT2D eigenvalue weighted by Gasteiger charge is -2.02. The number of ether oxygens (including phenoxy) is 1. The molecule has 5 heteroatoms. The maximum absolute atomic E-state index is 9.85. The number of carbonyl (C=O) groups is 2. The van der Waals surface area contributed by atoms with Gasteiger partial charge in [0.1, 0.15) is 0 Å². The van der Waals surface area contributed by atoms with Crippen molar-refractivity contribution in [3.05, 3.63) is 0 Å². The third-order valence-corrected chi connectivity index (χ3v) is 0.625. The Balaban J connectivity index is 3.63. The van der Waals surface area contributed by atoms with Gasteiger partial charge >= 0.3 is 12.1 Å². The normalized spacial score (nSPS) is 12.1. The van der Waals surface area contributed by atoms with E-state index in [1.807, 2.05) is 0 Å². The molecule has 0 rings (SSSR count). The van der Waals surface area contributed by atoms with E-state index in [2.05, 4.69) is 4.74 Å². The SMILES string of the molecule is C[C@H](OC(=O)O)C(=O)O. The largest absolute Gasteiger partial charge is 0.506 e. The Morgan fingerprint density at radius 1 is 1.44 bits per heavy atom. The van der Waals surface area contributed by atoms with Crippen molar-refractivity contribution in [1.29, 1.82) is 0 Å². The van der Waals surface area contributed by atoms with Crippen molar-refractivity contribution in [2.75, 3.05) is 0 Å². The van der Waals surface area contributed by atoms with Gasteiger partial charge in [-0.2, -0.15) is 0 Å². The lowest BCUT2D eigenvalue weighted by molar-refractivity contribution is -0.146. The molecule has 0 amide bonds. The van der Waals surface area contributed by atoms with Crippen LogP contribution < -0.4 is 0 Å². The summed E-state index contributed by atoms with van der Waals surface area (Å²) in [6.45, 7) is 1.14. The molecule has 0 bridgehead atoms. The second-order valence-electron chi connectivity index (χ2n) is 1.36. The molecular formula is C4H6O5. The van der Waals surface area contributed by atoms with Gasteiger partial charge in [-0.1, -0.05) is 0 Å². The molecule has 9 heavy (non-hydrogen) atoms. The predicted octanol–water partition coefficient (Wildman–Crippen LogP) is 0.154. The quantitative estimate of drug-likeness (QED) is 0.525. The first-order valence-electron chi connectivity index (χ1n) is 2.16. The molecule has 0 heterocycles. The number of hydrogen-bond donors (Lipinski definition) is 2. The monoisotopic (exact) mass is 134 g/mol. The summed E-state index contributed by atoms with van der Waals surface area (Å²) in [5.74, 6) is -1.29. The van der Waals surface area contributed by atoms with E-state index in [0.29, 0.717) is 0 Å². The van der Waals surface area contributed by atoms with Gasteiger partial charge in [0.05, 0.1) is 0 Å². The standard InChI is InChI=1S/C4H6O5/c1-2(3(5)6)9-4(7)8/h2H,1H3,(H,5,6)(H,7,8)/t2-/m0/s1. The molecule has 0 aliphatic rings. The Morgan fingerprint density at radius 2 is 1.89 bits per heavy atom. The fraction of sp³-hybridized carbons (Fsp3) is 0.500. The summed E-state index contributed by atoms with van der Waals surface area (Å²) in [5.41, 5.74) is 0. The molecule has 0 aromatic heterocycles. The van der Waals surface area contributed by atoms with E-state index in [0.717, 1.165) is 6.92 Å². The first-order valence-corrected chi connectivity index (χ1v) is 2.16. The summed E-state index contributed by atoms with van der Waals surface area (Å²) in [5, 5.41) is 15.9. The van der Waals surface area contributed by atoms with Gasteiger partial charge in [0.25, 0.3) is 0 Å². The van der Waals surface area contributed by atoms with Crippen LogP contribution >= 0.6 is 0 Å². The van der Waals surface area contributed by atoms with Gasteiger partial charge in [0.15, 0.2) is 6.10 Å². The van der Waals surface area contributed by atoms with Crippen molar-refractivity contribution in [2.24, 2.45) is 0 Å². The second kappa shape index (κ2) is 2.91. The molecule has 0 aliphatic heterocycles. The molecule has 0 aromatic carbocycles. The first kappa shape index (κ1) is 7.74. The summed E-state index contributed by atoms with van der Waals surface area (Å²) < 4.78 is 3.83. The van der Waals surface area contributed by atoms with Gasteiger partial charge in [-0.15, -0.1) is 0 Å². The minimum Gasteiger partial charge on any atom is -0.479 e. The minimum absolute atomic E-state index is 1.14. The molecule has 0 saturated heterocycles. The van der Waals surface area contributed by atoms with E-state index in [1.165, 1.54) is 0 Å². The maximum atomic E-state index is 9.85. The number of hydrogen-bond acceptors (Lipinski definition) is 3. The highest BCUT2D eigenvalue weighted by Crippen LogP contribution is 1.89. The molecule has 0 unspecified atom stereocenters. The van der Waals surface area contributed by atoms with Crippen molar-refractivity contribution in [3.63, 3.8) is 0 Å². The molecule has 1 atom stereocenters. The van der Waals surface area contributed by atoms with Crippen molar-refractivity contribution < 1.29 is 24.5 Å². The first-order chi connectivity index (χ1) is 4.04. The van der Waals surface area contributed by atoms with Crippen LogP contribution in [0.25, 0.3) is 0 Å². The third-order valence-electron chi connectivity index (χ3n) is 0.625. The highest BCUT2D eigenvalue weighted by Gasteiger charge is 2.14. The summed E-state index contributed by atoms with van der Waals surface area (Å²) in [7, 11) is 0. The van der Waals surface area contributed by atoms with Gasteiger partial charge in [-0.05, 0) is 6.92 Å². The zero-order valence-electron chi connectivity index (χ0n) is 4.70. The van der Waals surface area contributed by atoms with Gasteiger partial charge in [0, 0.05) is 0 Å². The molecule has 0 fully saturated rings. The van der Waals surface area contributed by atoms with E-state index < -0.39 is 18.2 Å². The van der Waals surface area contributed by atoms with Gasteiger partial charge in [-0.25, -0.2) is 9.59 Å². The van der Waals surface area contributed by atoms with Gasteiger partial charge < -0.3 is 14.9 Å². The lowest BCUT2D eigenvalue weighted by atomic mass is 10.4. The number of carboxylic acid groups (broad SMARTS) is 2. The zero-order valence-corrected chi connectivity index (χ0v) is 4.70. The van der Waals surface area contributed by atoms with Crippen LogP contribution in [0, 0.1) is 0 Å². The summed E-state index contributed by atoms with van der Waals surface area (Å²) in [6, 6.07) is 0. The maximum Gasteiger partial charge on any atom is 0.506 e. The molecule has 2 N–H and O–H groups in total. The molecule has 0 aromatic rings. The molecular weight excluding hydrogens is 128 g/mol. The number of carboxylic acids is 1.